The molecular weight excluding hydrogens is 350 g/mol. The first-order chi connectivity index (χ1) is 12.5. The van der Waals surface area contributed by atoms with Crippen molar-refractivity contribution in [2.24, 2.45) is 0 Å². The molecule has 0 aromatic heterocycles. The summed E-state index contributed by atoms with van der Waals surface area (Å²) < 4.78 is 23.5. The summed E-state index contributed by atoms with van der Waals surface area (Å²) in [4.78, 5) is 16.9. The summed E-state index contributed by atoms with van der Waals surface area (Å²) in [5.74, 6) is 0.247. The number of sulfone groups is 1. The van der Waals surface area contributed by atoms with Crippen molar-refractivity contribution in [2.75, 3.05) is 36.5 Å². The molecule has 1 atom stereocenters. The number of carbonyl (C=O) groups excluding carboxylic acids is 1. The molecule has 2 aliphatic rings. The maximum Gasteiger partial charge on any atom is 0.322 e. The summed E-state index contributed by atoms with van der Waals surface area (Å²) in [6.45, 7) is 5.43. The van der Waals surface area contributed by atoms with Crippen LogP contribution in [-0.4, -0.2) is 61.4 Å². The number of likely N-dealkylation sites (tertiary alicyclic amines) is 1. The van der Waals surface area contributed by atoms with Gasteiger partial charge in [0.1, 0.15) is 0 Å². The number of anilines is 1. The molecule has 0 spiro atoms. The summed E-state index contributed by atoms with van der Waals surface area (Å²) in [6, 6.07) is 7.47. The second-order valence-corrected chi connectivity index (χ2v) is 9.50. The average molecular weight is 380 g/mol. The lowest BCUT2D eigenvalue weighted by Crippen LogP contribution is -2.43. The highest BCUT2D eigenvalue weighted by Crippen LogP contribution is 2.22. The SMILES string of the molecule is CCN(C(=O)Nc1ccccc1CN1CCCCC1)[C@@H]1CCS(=O)(=O)C1. The predicted molar refractivity (Wildman–Crippen MR) is 104 cm³/mol. The molecule has 6 nitrogen and oxygen atoms in total. The minimum Gasteiger partial charge on any atom is -0.321 e. The van der Waals surface area contributed by atoms with E-state index >= 15 is 0 Å². The first kappa shape index (κ1) is 19.2. The largest absolute Gasteiger partial charge is 0.322 e. The summed E-state index contributed by atoms with van der Waals surface area (Å²) in [5.41, 5.74) is 1.93. The smallest absolute Gasteiger partial charge is 0.321 e. The molecule has 144 valence electrons. The third-order valence-corrected chi connectivity index (χ3v) is 7.10. The number of nitrogens with one attached hydrogen (secondary N) is 1. The maximum absolute atomic E-state index is 12.8. The Morgan fingerprint density at radius 2 is 1.96 bits per heavy atom. The molecular formula is C19H29N3O3S. The van der Waals surface area contributed by atoms with E-state index in [-0.39, 0.29) is 23.6 Å². The van der Waals surface area contributed by atoms with Gasteiger partial charge in [0.05, 0.1) is 11.5 Å². The Kier molecular flexibility index (Phi) is 6.19. The molecule has 0 radical (unpaired) electrons. The van der Waals surface area contributed by atoms with Gasteiger partial charge in [0.25, 0.3) is 0 Å². The summed E-state index contributed by atoms with van der Waals surface area (Å²) in [7, 11) is -3.01. The van der Waals surface area contributed by atoms with E-state index in [1.54, 1.807) is 4.90 Å². The molecule has 2 saturated heterocycles. The Labute approximate surface area is 156 Å². The van der Waals surface area contributed by atoms with Crippen LogP contribution in [0.5, 0.6) is 0 Å². The summed E-state index contributed by atoms with van der Waals surface area (Å²) in [6.07, 6.45) is 4.28. The number of benzene rings is 1. The summed E-state index contributed by atoms with van der Waals surface area (Å²) in [5, 5.41) is 3.02. The average Bonchev–Trinajstić information content (AvgIpc) is 2.98. The van der Waals surface area contributed by atoms with Crippen LogP contribution < -0.4 is 5.32 Å². The monoisotopic (exact) mass is 379 g/mol. The molecule has 0 bridgehead atoms. The lowest BCUT2D eigenvalue weighted by Gasteiger charge is -2.29. The molecule has 3 rings (SSSR count). The van der Waals surface area contributed by atoms with Gasteiger partial charge in [-0.3, -0.25) is 4.90 Å². The molecule has 26 heavy (non-hydrogen) atoms. The first-order valence-electron chi connectivity index (χ1n) is 9.57. The quantitative estimate of drug-likeness (QED) is 0.854. The molecule has 1 aromatic rings. The molecule has 7 heteroatoms. The van der Waals surface area contributed by atoms with Crippen LogP contribution in [0.3, 0.4) is 0 Å². The normalized spacial score (nSPS) is 22.9. The van der Waals surface area contributed by atoms with E-state index in [9.17, 15) is 13.2 Å². The van der Waals surface area contributed by atoms with E-state index in [0.29, 0.717) is 13.0 Å². The van der Waals surface area contributed by atoms with Crippen LogP contribution in [0.4, 0.5) is 10.5 Å². The van der Waals surface area contributed by atoms with Gasteiger partial charge >= 0.3 is 6.03 Å². The zero-order chi connectivity index (χ0) is 18.6. The van der Waals surface area contributed by atoms with Gasteiger partial charge in [0.15, 0.2) is 9.84 Å². The number of para-hydroxylation sites is 1. The summed E-state index contributed by atoms with van der Waals surface area (Å²) >= 11 is 0. The number of hydrogen-bond donors (Lipinski definition) is 1. The van der Waals surface area contributed by atoms with Crippen molar-refractivity contribution in [3.05, 3.63) is 29.8 Å². The molecule has 1 N–H and O–H groups in total. The lowest BCUT2D eigenvalue weighted by atomic mass is 10.1. The predicted octanol–water partition coefficient (Wildman–Crippen LogP) is 2.71. The van der Waals surface area contributed by atoms with E-state index in [1.165, 1.54) is 19.3 Å². The number of rotatable bonds is 5. The van der Waals surface area contributed by atoms with Gasteiger partial charge < -0.3 is 10.2 Å². The first-order valence-corrected chi connectivity index (χ1v) is 11.4. The Morgan fingerprint density at radius 3 is 2.62 bits per heavy atom. The van der Waals surface area contributed by atoms with E-state index in [0.717, 1.165) is 30.9 Å². The van der Waals surface area contributed by atoms with Gasteiger partial charge in [0, 0.05) is 24.8 Å². The fourth-order valence-electron chi connectivity index (χ4n) is 3.91. The van der Waals surface area contributed by atoms with Gasteiger partial charge in [-0.2, -0.15) is 0 Å². The van der Waals surface area contributed by atoms with Crippen LogP contribution in [0.1, 0.15) is 38.2 Å². The maximum atomic E-state index is 12.8. The van der Waals surface area contributed by atoms with Gasteiger partial charge in [-0.15, -0.1) is 0 Å². The third-order valence-electron chi connectivity index (χ3n) is 5.35. The Morgan fingerprint density at radius 1 is 1.23 bits per heavy atom. The Bertz CT molecular complexity index is 729. The molecule has 0 unspecified atom stereocenters. The fourth-order valence-corrected chi connectivity index (χ4v) is 5.65. The Balaban J connectivity index is 1.68. The van der Waals surface area contributed by atoms with Crippen LogP contribution in [-0.2, 0) is 16.4 Å². The number of hydrogen-bond acceptors (Lipinski definition) is 4. The highest BCUT2D eigenvalue weighted by atomic mass is 32.2. The van der Waals surface area contributed by atoms with Gasteiger partial charge in [-0.25, -0.2) is 13.2 Å². The van der Waals surface area contributed by atoms with Crippen LogP contribution >= 0.6 is 0 Å². The molecule has 0 aliphatic carbocycles. The lowest BCUT2D eigenvalue weighted by molar-refractivity contribution is 0.197. The van der Waals surface area contributed by atoms with Crippen LogP contribution in [0.25, 0.3) is 0 Å². The van der Waals surface area contributed by atoms with Crippen LogP contribution in [0, 0.1) is 0 Å². The highest BCUT2D eigenvalue weighted by molar-refractivity contribution is 7.91. The molecule has 2 amide bonds. The molecule has 1 aromatic carbocycles. The second kappa shape index (κ2) is 8.39. The van der Waals surface area contributed by atoms with Crippen molar-refractivity contribution in [3.8, 4) is 0 Å². The molecule has 2 fully saturated rings. The minimum absolute atomic E-state index is 0.0731. The molecule has 2 heterocycles. The van der Waals surface area contributed by atoms with Crippen molar-refractivity contribution >= 4 is 21.6 Å². The van der Waals surface area contributed by atoms with Gasteiger partial charge in [0.2, 0.25) is 0 Å². The van der Waals surface area contributed by atoms with Crippen molar-refractivity contribution in [1.29, 1.82) is 0 Å². The van der Waals surface area contributed by atoms with Gasteiger partial charge in [-0.1, -0.05) is 24.6 Å². The second-order valence-electron chi connectivity index (χ2n) is 7.27. The van der Waals surface area contributed by atoms with Gasteiger partial charge in [-0.05, 0) is 50.9 Å². The number of urea groups is 1. The standard InChI is InChI=1S/C19H29N3O3S/c1-2-22(17-10-13-26(24,25)15-17)19(23)20-18-9-5-4-8-16(18)14-21-11-6-3-7-12-21/h4-5,8-9,17H,2-3,6-7,10-15H2,1H3,(H,20,23)/t17-/m1/s1. The minimum atomic E-state index is -3.01. The van der Waals surface area contributed by atoms with Crippen molar-refractivity contribution < 1.29 is 13.2 Å². The number of nitrogens with zero attached hydrogens (tertiary/aromatic N) is 2. The fraction of sp³-hybridized carbons (Fsp3) is 0.632. The topological polar surface area (TPSA) is 69.7 Å². The van der Waals surface area contributed by atoms with Crippen molar-refractivity contribution in [3.63, 3.8) is 0 Å². The van der Waals surface area contributed by atoms with E-state index < -0.39 is 9.84 Å². The molecule has 2 aliphatic heterocycles. The third kappa shape index (κ3) is 4.76. The zero-order valence-corrected chi connectivity index (χ0v) is 16.3. The van der Waals surface area contributed by atoms with E-state index in [2.05, 4.69) is 16.3 Å². The zero-order valence-electron chi connectivity index (χ0n) is 15.5. The van der Waals surface area contributed by atoms with Crippen molar-refractivity contribution in [1.82, 2.24) is 9.80 Å². The van der Waals surface area contributed by atoms with E-state index in [1.807, 2.05) is 25.1 Å². The van der Waals surface area contributed by atoms with Crippen molar-refractivity contribution in [2.45, 2.75) is 45.2 Å². The van der Waals surface area contributed by atoms with E-state index in [4.69, 9.17) is 0 Å². The Hall–Kier alpha value is -1.60. The number of carbonyl (C=O) groups is 1. The number of piperidine rings is 1. The van der Waals surface area contributed by atoms with Crippen LogP contribution in [0.2, 0.25) is 0 Å². The van der Waals surface area contributed by atoms with Crippen LogP contribution in [0.15, 0.2) is 24.3 Å². The molecule has 0 saturated carbocycles. The number of amides is 2. The highest BCUT2D eigenvalue weighted by Gasteiger charge is 2.34.